The van der Waals surface area contributed by atoms with E-state index in [0.717, 1.165) is 12.0 Å². The molecule has 3 amide bonds. The third-order valence-electron chi connectivity index (χ3n) is 5.14. The van der Waals surface area contributed by atoms with Gasteiger partial charge in [0.05, 0.1) is 5.52 Å². The summed E-state index contributed by atoms with van der Waals surface area (Å²) in [5, 5.41) is 6.92. The molecule has 4 rings (SSSR count). The maximum absolute atomic E-state index is 13.0. The highest BCUT2D eigenvalue weighted by molar-refractivity contribution is 6.42. The van der Waals surface area contributed by atoms with Crippen molar-refractivity contribution in [1.29, 1.82) is 0 Å². The molecule has 0 saturated carbocycles. The van der Waals surface area contributed by atoms with E-state index in [-0.39, 0.29) is 5.69 Å². The summed E-state index contributed by atoms with van der Waals surface area (Å²) in [7, 11) is 0. The number of aromatic nitrogens is 1. The summed E-state index contributed by atoms with van der Waals surface area (Å²) in [5.74, 6) is -2.30. The van der Waals surface area contributed by atoms with Gasteiger partial charge < -0.3 is 10.6 Å². The molecule has 0 aliphatic heterocycles. The Morgan fingerprint density at radius 3 is 2.06 bits per heavy atom. The second-order valence-corrected chi connectivity index (χ2v) is 8.35. The number of nitrogens with one attached hydrogen (secondary N) is 3. The van der Waals surface area contributed by atoms with Crippen LogP contribution in [0.1, 0.15) is 23.0 Å². The molecule has 34 heavy (non-hydrogen) atoms. The molecule has 1 heterocycles. The van der Waals surface area contributed by atoms with Gasteiger partial charge in [0.2, 0.25) is 0 Å². The fraction of sp³-hybridized carbons (Fsp3) is 0.0800. The number of rotatable bonds is 5. The molecule has 0 atom stereocenters. The number of amides is 3. The van der Waals surface area contributed by atoms with E-state index < -0.39 is 17.7 Å². The third kappa shape index (κ3) is 5.22. The van der Waals surface area contributed by atoms with Crippen molar-refractivity contribution >= 4 is 63.2 Å². The molecule has 0 unspecified atom stereocenters. The Morgan fingerprint density at radius 2 is 1.38 bits per heavy atom. The lowest BCUT2D eigenvalue weighted by atomic mass is 10.1. The monoisotopic (exact) mass is 494 g/mol. The molecular formula is C25H20Cl2N4O3. The minimum absolute atomic E-state index is 0.112. The van der Waals surface area contributed by atoms with E-state index in [4.69, 9.17) is 23.2 Å². The van der Waals surface area contributed by atoms with Crippen LogP contribution in [0.5, 0.6) is 0 Å². The first-order valence-corrected chi connectivity index (χ1v) is 11.2. The number of aryl methyl sites for hydroxylation is 1. The Labute approximate surface area is 205 Å². The maximum Gasteiger partial charge on any atom is 0.328 e. The van der Waals surface area contributed by atoms with E-state index in [1.165, 1.54) is 4.68 Å². The SMILES string of the molecule is CCc1ccc(NC(=O)C(=O)Nn2c(C(=O)Nc3ccc(Cl)cc3)cc3cc(Cl)ccc32)cc1. The molecule has 0 radical (unpaired) electrons. The third-order valence-corrected chi connectivity index (χ3v) is 5.63. The highest BCUT2D eigenvalue weighted by Crippen LogP contribution is 2.24. The second-order valence-electron chi connectivity index (χ2n) is 7.47. The van der Waals surface area contributed by atoms with Crippen molar-refractivity contribution < 1.29 is 14.4 Å². The molecule has 0 saturated heterocycles. The lowest BCUT2D eigenvalue weighted by Crippen LogP contribution is -2.36. The van der Waals surface area contributed by atoms with Crippen molar-refractivity contribution in [2.45, 2.75) is 13.3 Å². The molecule has 9 heteroatoms. The van der Waals surface area contributed by atoms with Crippen LogP contribution >= 0.6 is 23.2 Å². The maximum atomic E-state index is 13.0. The van der Waals surface area contributed by atoms with Gasteiger partial charge in [-0.15, -0.1) is 0 Å². The topological polar surface area (TPSA) is 92.2 Å². The molecule has 3 aromatic carbocycles. The van der Waals surface area contributed by atoms with Gasteiger partial charge in [-0.1, -0.05) is 42.3 Å². The number of halogens is 2. The number of anilines is 2. The Balaban J connectivity index is 1.59. The van der Waals surface area contributed by atoms with Gasteiger partial charge in [0.25, 0.3) is 5.91 Å². The summed E-state index contributed by atoms with van der Waals surface area (Å²) in [4.78, 5) is 38.2. The normalized spacial score (nSPS) is 10.7. The molecule has 172 valence electrons. The zero-order chi connectivity index (χ0) is 24.2. The molecule has 0 aliphatic rings. The average molecular weight is 495 g/mol. The quantitative estimate of drug-likeness (QED) is 0.321. The van der Waals surface area contributed by atoms with E-state index >= 15 is 0 Å². The first-order valence-electron chi connectivity index (χ1n) is 10.4. The van der Waals surface area contributed by atoms with Crippen molar-refractivity contribution in [3.63, 3.8) is 0 Å². The van der Waals surface area contributed by atoms with Gasteiger partial charge in [0.1, 0.15) is 5.69 Å². The fourth-order valence-electron chi connectivity index (χ4n) is 3.37. The smallest absolute Gasteiger partial charge is 0.321 e. The molecule has 0 fully saturated rings. The van der Waals surface area contributed by atoms with Crippen molar-refractivity contribution in [3.05, 3.63) is 94.1 Å². The van der Waals surface area contributed by atoms with Crippen molar-refractivity contribution in [3.8, 4) is 0 Å². The Bertz CT molecular complexity index is 1380. The first kappa shape index (κ1) is 23.4. The zero-order valence-corrected chi connectivity index (χ0v) is 19.6. The van der Waals surface area contributed by atoms with Crippen LogP contribution in [0.3, 0.4) is 0 Å². The van der Waals surface area contributed by atoms with Gasteiger partial charge in [0, 0.05) is 26.8 Å². The summed E-state index contributed by atoms with van der Waals surface area (Å²) in [6.45, 7) is 2.02. The zero-order valence-electron chi connectivity index (χ0n) is 18.1. The molecular weight excluding hydrogens is 475 g/mol. The van der Waals surface area contributed by atoms with Crippen LogP contribution in [-0.4, -0.2) is 22.4 Å². The van der Waals surface area contributed by atoms with Crippen LogP contribution in [0.15, 0.2) is 72.8 Å². The number of hydrogen-bond acceptors (Lipinski definition) is 3. The highest BCUT2D eigenvalue weighted by atomic mass is 35.5. The number of carbonyl (C=O) groups is 3. The Hall–Kier alpha value is -3.81. The van der Waals surface area contributed by atoms with Gasteiger partial charge in [-0.2, -0.15) is 0 Å². The summed E-state index contributed by atoms with van der Waals surface area (Å²) >= 11 is 12.0. The highest BCUT2D eigenvalue weighted by Gasteiger charge is 2.21. The van der Waals surface area contributed by atoms with E-state index in [9.17, 15) is 14.4 Å². The molecule has 0 aliphatic carbocycles. The van der Waals surface area contributed by atoms with E-state index in [1.807, 2.05) is 19.1 Å². The Morgan fingerprint density at radius 1 is 0.765 bits per heavy atom. The largest absolute Gasteiger partial charge is 0.328 e. The van der Waals surface area contributed by atoms with Crippen LogP contribution in [0.2, 0.25) is 10.0 Å². The fourth-order valence-corrected chi connectivity index (χ4v) is 3.67. The van der Waals surface area contributed by atoms with Gasteiger partial charge in [0.15, 0.2) is 0 Å². The Kier molecular flexibility index (Phi) is 6.86. The summed E-state index contributed by atoms with van der Waals surface area (Å²) in [5.41, 5.74) is 5.24. The number of hydrogen-bond donors (Lipinski definition) is 3. The van der Waals surface area contributed by atoms with Crippen molar-refractivity contribution in [1.82, 2.24) is 4.68 Å². The summed E-state index contributed by atoms with van der Waals surface area (Å²) in [6, 6.07) is 20.3. The molecule has 4 aromatic rings. The number of nitrogens with zero attached hydrogens (tertiary/aromatic N) is 1. The van der Waals surface area contributed by atoms with E-state index in [2.05, 4.69) is 16.1 Å². The summed E-state index contributed by atoms with van der Waals surface area (Å²) in [6.07, 6.45) is 0.861. The van der Waals surface area contributed by atoms with Crippen LogP contribution < -0.4 is 16.1 Å². The average Bonchev–Trinajstić information content (AvgIpc) is 3.18. The predicted molar refractivity (Wildman–Crippen MR) is 135 cm³/mol. The lowest BCUT2D eigenvalue weighted by molar-refractivity contribution is -0.133. The van der Waals surface area contributed by atoms with Crippen LogP contribution in [-0.2, 0) is 16.0 Å². The van der Waals surface area contributed by atoms with Gasteiger partial charge >= 0.3 is 11.8 Å². The predicted octanol–water partition coefficient (Wildman–Crippen LogP) is 5.47. The van der Waals surface area contributed by atoms with E-state index in [1.54, 1.807) is 60.7 Å². The molecule has 0 spiro atoms. The summed E-state index contributed by atoms with van der Waals surface area (Å²) < 4.78 is 1.26. The van der Waals surface area contributed by atoms with Crippen LogP contribution in [0.25, 0.3) is 10.9 Å². The van der Waals surface area contributed by atoms with Crippen molar-refractivity contribution in [2.24, 2.45) is 0 Å². The van der Waals surface area contributed by atoms with Crippen LogP contribution in [0.4, 0.5) is 11.4 Å². The lowest BCUT2D eigenvalue weighted by Gasteiger charge is -2.13. The minimum Gasteiger partial charge on any atom is -0.321 e. The molecule has 0 bridgehead atoms. The number of benzene rings is 3. The first-order chi connectivity index (χ1) is 16.3. The number of carbonyl (C=O) groups excluding carboxylic acids is 3. The van der Waals surface area contributed by atoms with Gasteiger partial charge in [-0.05, 0) is 72.6 Å². The number of fused-ring (bicyclic) bond motifs is 1. The molecule has 3 N–H and O–H groups in total. The van der Waals surface area contributed by atoms with Gasteiger partial charge in [-0.25, -0.2) is 4.68 Å². The molecule has 1 aromatic heterocycles. The standard InChI is InChI=1S/C25H20Cl2N4O3/c1-2-15-3-8-19(9-4-15)29-24(33)25(34)30-31-21-12-7-18(27)13-16(21)14-22(31)23(32)28-20-10-5-17(26)6-11-20/h3-14H,2H2,1H3,(H,28,32)(H,29,33)(H,30,34). The minimum atomic E-state index is -0.937. The van der Waals surface area contributed by atoms with E-state index in [0.29, 0.717) is 32.3 Å². The van der Waals surface area contributed by atoms with Crippen LogP contribution in [0, 0.1) is 0 Å². The molecule has 7 nitrogen and oxygen atoms in total. The van der Waals surface area contributed by atoms with Crippen molar-refractivity contribution in [2.75, 3.05) is 16.1 Å². The van der Waals surface area contributed by atoms with Gasteiger partial charge in [-0.3, -0.25) is 19.8 Å². The second kappa shape index (κ2) is 9.99.